The molecule has 0 aromatic carbocycles. The van der Waals surface area contributed by atoms with Gasteiger partial charge in [-0.2, -0.15) is 0 Å². The van der Waals surface area contributed by atoms with Gasteiger partial charge in [0, 0.05) is 25.4 Å². The van der Waals surface area contributed by atoms with Gasteiger partial charge in [-0.25, -0.2) is 0 Å². The van der Waals surface area contributed by atoms with Crippen LogP contribution in [0.5, 0.6) is 0 Å². The summed E-state index contributed by atoms with van der Waals surface area (Å²) in [7, 11) is 0. The fourth-order valence-corrected chi connectivity index (χ4v) is 3.71. The Morgan fingerprint density at radius 3 is 3.00 bits per heavy atom. The van der Waals surface area contributed by atoms with E-state index in [2.05, 4.69) is 6.92 Å². The summed E-state index contributed by atoms with van der Waals surface area (Å²) in [6.07, 6.45) is 4.99. The number of thioether (sulfide) groups is 1. The molecule has 2 unspecified atom stereocenters. The lowest BCUT2D eigenvalue weighted by Gasteiger charge is -2.24. The third-order valence-electron chi connectivity index (χ3n) is 4.21. The van der Waals surface area contributed by atoms with Crippen molar-refractivity contribution in [2.24, 2.45) is 11.1 Å². The molecule has 110 valence electrons. The van der Waals surface area contributed by atoms with Crippen LogP contribution in [-0.4, -0.2) is 54.7 Å². The van der Waals surface area contributed by atoms with Gasteiger partial charge >= 0.3 is 0 Å². The maximum Gasteiger partial charge on any atom is 0.232 e. The molecule has 5 heteroatoms. The molecular weight excluding hydrogens is 260 g/mol. The van der Waals surface area contributed by atoms with Gasteiger partial charge in [0.15, 0.2) is 0 Å². The number of hydrogen-bond donors (Lipinski definition) is 1. The molecule has 2 rings (SSSR count). The van der Waals surface area contributed by atoms with Crippen LogP contribution in [0.3, 0.4) is 0 Å². The van der Waals surface area contributed by atoms with Gasteiger partial charge in [-0.1, -0.05) is 6.92 Å². The first-order valence-corrected chi connectivity index (χ1v) is 8.46. The van der Waals surface area contributed by atoms with Crippen LogP contribution in [0.25, 0.3) is 0 Å². The predicted molar refractivity (Wildman–Crippen MR) is 79.3 cm³/mol. The largest absolute Gasteiger partial charge is 0.377 e. The lowest BCUT2D eigenvalue weighted by Crippen LogP contribution is -2.35. The van der Waals surface area contributed by atoms with Crippen molar-refractivity contribution in [1.29, 1.82) is 0 Å². The number of nitrogens with two attached hydrogens (primary N) is 1. The first kappa shape index (κ1) is 15.1. The maximum absolute atomic E-state index is 12.1. The molecule has 1 amide bonds. The predicted octanol–water partition coefficient (Wildman–Crippen LogP) is 1.49. The molecule has 2 heterocycles. The Bertz CT molecular complexity index is 308. The second-order valence-electron chi connectivity index (χ2n) is 6.08. The van der Waals surface area contributed by atoms with Crippen LogP contribution in [0.4, 0.5) is 0 Å². The molecule has 2 saturated heterocycles. The zero-order valence-electron chi connectivity index (χ0n) is 11.9. The van der Waals surface area contributed by atoms with E-state index in [1.807, 2.05) is 4.90 Å². The molecular formula is C14H26N2O2S. The fourth-order valence-electron chi connectivity index (χ4n) is 2.71. The highest BCUT2D eigenvalue weighted by Crippen LogP contribution is 2.29. The monoisotopic (exact) mass is 286 g/mol. The number of nitrogens with zero attached hydrogens (tertiary/aromatic N) is 1. The van der Waals surface area contributed by atoms with Gasteiger partial charge in [0.2, 0.25) is 5.91 Å². The van der Waals surface area contributed by atoms with Gasteiger partial charge in [0.1, 0.15) is 0 Å². The van der Waals surface area contributed by atoms with Crippen molar-refractivity contribution >= 4 is 17.7 Å². The maximum atomic E-state index is 12.1. The summed E-state index contributed by atoms with van der Waals surface area (Å²) in [5.74, 6) is 1.80. The molecule has 2 aliphatic heterocycles. The average molecular weight is 286 g/mol. The first-order chi connectivity index (χ1) is 9.13. The average Bonchev–Trinajstić information content (AvgIpc) is 2.83. The van der Waals surface area contributed by atoms with Crippen molar-refractivity contribution in [3.63, 3.8) is 0 Å². The van der Waals surface area contributed by atoms with Gasteiger partial charge in [-0.05, 0) is 37.6 Å². The van der Waals surface area contributed by atoms with Gasteiger partial charge < -0.3 is 15.4 Å². The van der Waals surface area contributed by atoms with E-state index in [-0.39, 0.29) is 11.3 Å². The summed E-state index contributed by atoms with van der Waals surface area (Å²) in [6, 6.07) is 0. The van der Waals surface area contributed by atoms with E-state index in [1.165, 1.54) is 12.8 Å². The number of carbonyl (C=O) groups excluding carboxylic acids is 1. The highest BCUT2D eigenvalue weighted by atomic mass is 32.2. The van der Waals surface area contributed by atoms with E-state index < -0.39 is 0 Å². The van der Waals surface area contributed by atoms with Gasteiger partial charge in [-0.3, -0.25) is 4.79 Å². The second-order valence-corrected chi connectivity index (χ2v) is 7.11. The zero-order valence-corrected chi connectivity index (χ0v) is 12.7. The van der Waals surface area contributed by atoms with Crippen molar-refractivity contribution in [1.82, 2.24) is 4.90 Å². The van der Waals surface area contributed by atoms with Gasteiger partial charge in [0.05, 0.1) is 11.9 Å². The van der Waals surface area contributed by atoms with Crippen molar-refractivity contribution in [2.75, 3.05) is 37.7 Å². The number of hydrogen-bond acceptors (Lipinski definition) is 4. The zero-order chi connectivity index (χ0) is 13.7. The molecule has 0 radical (unpaired) electrons. The van der Waals surface area contributed by atoms with Crippen molar-refractivity contribution in [3.8, 4) is 0 Å². The van der Waals surface area contributed by atoms with Gasteiger partial charge in [-0.15, -0.1) is 11.8 Å². The lowest BCUT2D eigenvalue weighted by molar-refractivity contribution is -0.127. The van der Waals surface area contributed by atoms with Crippen LogP contribution in [-0.2, 0) is 9.53 Å². The Morgan fingerprint density at radius 1 is 1.53 bits per heavy atom. The van der Waals surface area contributed by atoms with E-state index in [9.17, 15) is 4.79 Å². The second kappa shape index (κ2) is 6.95. The number of amides is 1. The molecule has 19 heavy (non-hydrogen) atoms. The van der Waals surface area contributed by atoms with E-state index >= 15 is 0 Å². The molecule has 2 atom stereocenters. The van der Waals surface area contributed by atoms with Crippen LogP contribution in [0.1, 0.15) is 32.6 Å². The van der Waals surface area contributed by atoms with Crippen molar-refractivity contribution in [2.45, 2.75) is 38.7 Å². The quantitative estimate of drug-likeness (QED) is 0.832. The minimum Gasteiger partial charge on any atom is -0.377 e. The van der Waals surface area contributed by atoms with Crippen LogP contribution in [0, 0.1) is 5.41 Å². The molecule has 0 saturated carbocycles. The number of likely N-dealkylation sites (tertiary alicyclic amines) is 1. The molecule has 4 nitrogen and oxygen atoms in total. The van der Waals surface area contributed by atoms with Crippen LogP contribution < -0.4 is 5.73 Å². The Morgan fingerprint density at radius 2 is 2.37 bits per heavy atom. The summed E-state index contributed by atoms with van der Waals surface area (Å²) < 4.78 is 5.67. The van der Waals surface area contributed by atoms with E-state index in [0.717, 1.165) is 38.3 Å². The smallest absolute Gasteiger partial charge is 0.232 e. The van der Waals surface area contributed by atoms with Gasteiger partial charge in [0.25, 0.3) is 0 Å². The fraction of sp³-hybridized carbons (Fsp3) is 0.929. The molecule has 0 aromatic heterocycles. The van der Waals surface area contributed by atoms with Crippen molar-refractivity contribution < 1.29 is 9.53 Å². The summed E-state index contributed by atoms with van der Waals surface area (Å²) in [6.45, 7) is 5.42. The topological polar surface area (TPSA) is 55.6 Å². The van der Waals surface area contributed by atoms with Crippen LogP contribution >= 0.6 is 11.8 Å². The van der Waals surface area contributed by atoms with E-state index in [0.29, 0.717) is 18.4 Å². The minimum absolute atomic E-state index is 0.132. The SMILES string of the molecule is CC1(CN)CCN(C(=O)CSCC2CCCCO2)C1. The first-order valence-electron chi connectivity index (χ1n) is 7.30. The molecule has 0 spiro atoms. The molecule has 0 aliphatic carbocycles. The van der Waals surface area contributed by atoms with E-state index in [4.69, 9.17) is 10.5 Å². The lowest BCUT2D eigenvalue weighted by atomic mass is 9.90. The summed E-state index contributed by atoms with van der Waals surface area (Å²) >= 11 is 1.72. The third-order valence-corrected chi connectivity index (χ3v) is 5.27. The molecule has 0 aromatic rings. The standard InChI is InChI=1S/C14H26N2O2S/c1-14(10-15)5-6-16(11-14)13(17)9-19-8-12-4-2-3-7-18-12/h12H,2-11,15H2,1H3. The summed E-state index contributed by atoms with van der Waals surface area (Å²) in [5, 5.41) is 0. The minimum atomic E-state index is 0.132. The Hall–Kier alpha value is -0.260. The van der Waals surface area contributed by atoms with Crippen LogP contribution in [0.2, 0.25) is 0 Å². The summed E-state index contributed by atoms with van der Waals surface area (Å²) in [5.41, 5.74) is 5.90. The van der Waals surface area contributed by atoms with Crippen molar-refractivity contribution in [3.05, 3.63) is 0 Å². The molecule has 2 N–H and O–H groups in total. The normalized spacial score (nSPS) is 31.7. The Balaban J connectivity index is 1.64. The third kappa shape index (κ3) is 4.36. The molecule has 2 aliphatic rings. The number of rotatable bonds is 5. The molecule has 2 fully saturated rings. The Labute approximate surface area is 120 Å². The highest BCUT2D eigenvalue weighted by Gasteiger charge is 2.34. The number of ether oxygens (including phenoxy) is 1. The Kier molecular flexibility index (Phi) is 5.54. The highest BCUT2D eigenvalue weighted by molar-refractivity contribution is 7.99. The number of carbonyl (C=O) groups is 1. The van der Waals surface area contributed by atoms with E-state index in [1.54, 1.807) is 11.8 Å². The molecule has 0 bridgehead atoms. The summed E-state index contributed by atoms with van der Waals surface area (Å²) in [4.78, 5) is 14.1. The van der Waals surface area contributed by atoms with Crippen LogP contribution in [0.15, 0.2) is 0 Å².